The van der Waals surface area contributed by atoms with Crippen LogP contribution in [-0.4, -0.2) is 26.6 Å². The van der Waals surface area contributed by atoms with Gasteiger partial charge in [-0.2, -0.15) is 10.2 Å². The fourth-order valence-electron chi connectivity index (χ4n) is 6.70. The highest BCUT2D eigenvalue weighted by atomic mass is 32.2. The summed E-state index contributed by atoms with van der Waals surface area (Å²) in [5.74, 6) is 0.522. The lowest BCUT2D eigenvalue weighted by Gasteiger charge is -2.34. The minimum absolute atomic E-state index is 0.0435. The van der Waals surface area contributed by atoms with Crippen molar-refractivity contribution in [3.8, 4) is 16.9 Å². The average molecular weight is 572 g/mol. The number of rotatable bonds is 5. The normalized spacial score (nSPS) is 25.8. The molecule has 6 nitrogen and oxygen atoms in total. The fraction of sp³-hybridized carbons (Fsp3) is 0.257. The highest BCUT2D eigenvalue weighted by molar-refractivity contribution is 8.19. The highest BCUT2D eigenvalue weighted by Gasteiger charge is 2.60. The molecule has 1 aliphatic heterocycles. The summed E-state index contributed by atoms with van der Waals surface area (Å²) < 4.78 is 1.87. The maximum absolute atomic E-state index is 14.0. The first kappa shape index (κ1) is 26.7. The van der Waals surface area contributed by atoms with E-state index in [-0.39, 0.29) is 16.7 Å². The average Bonchev–Trinajstić information content (AvgIpc) is 3.69. The molecule has 0 N–H and O–H groups in total. The summed E-state index contributed by atoms with van der Waals surface area (Å²) in [7, 11) is 0. The Morgan fingerprint density at radius 3 is 2.14 bits per heavy atom. The second-order valence-corrected chi connectivity index (χ2v) is 13.1. The number of para-hydroxylation sites is 2. The second kappa shape index (κ2) is 10.2. The lowest BCUT2D eigenvalue weighted by molar-refractivity contribution is -0.113. The molecule has 1 aromatic heterocycles. The molecule has 7 heteroatoms. The molecule has 2 aliphatic carbocycles. The van der Waals surface area contributed by atoms with Crippen LogP contribution in [0.3, 0.4) is 0 Å². The number of amides is 1. The third-order valence-electron chi connectivity index (χ3n) is 9.69. The van der Waals surface area contributed by atoms with Gasteiger partial charge in [-0.3, -0.25) is 9.69 Å². The summed E-state index contributed by atoms with van der Waals surface area (Å²) in [6.07, 6.45) is 7.29. The summed E-state index contributed by atoms with van der Waals surface area (Å²) in [6, 6.07) is 29.8. The van der Waals surface area contributed by atoms with Gasteiger partial charge in [-0.25, -0.2) is 4.68 Å². The zero-order valence-corrected chi connectivity index (χ0v) is 24.9. The van der Waals surface area contributed by atoms with Gasteiger partial charge in [0.15, 0.2) is 0 Å². The Morgan fingerprint density at radius 2 is 1.52 bits per heavy atom. The van der Waals surface area contributed by atoms with Crippen molar-refractivity contribution >= 4 is 40.3 Å². The molecular weight excluding hydrogens is 538 g/mol. The minimum Gasteiger partial charge on any atom is -0.268 e. The molecule has 7 rings (SSSR count). The first-order chi connectivity index (χ1) is 20.3. The first-order valence-electron chi connectivity index (χ1n) is 14.5. The fourth-order valence-corrected chi connectivity index (χ4v) is 7.62. The van der Waals surface area contributed by atoms with Crippen LogP contribution >= 0.6 is 11.8 Å². The molecule has 3 aliphatic rings. The summed E-state index contributed by atoms with van der Waals surface area (Å²) in [5, 5.41) is 15.1. The van der Waals surface area contributed by atoms with Gasteiger partial charge >= 0.3 is 0 Å². The minimum atomic E-state index is -0.115. The van der Waals surface area contributed by atoms with E-state index in [0.717, 1.165) is 46.7 Å². The molecule has 2 unspecified atom stereocenters. The van der Waals surface area contributed by atoms with Crippen LogP contribution < -0.4 is 4.90 Å². The van der Waals surface area contributed by atoms with Crippen LogP contribution in [-0.2, 0) is 4.79 Å². The summed E-state index contributed by atoms with van der Waals surface area (Å²) in [5.41, 5.74) is 5.81. The Morgan fingerprint density at radius 1 is 0.881 bits per heavy atom. The number of anilines is 1. The number of benzene rings is 3. The van der Waals surface area contributed by atoms with Crippen LogP contribution in [0.2, 0.25) is 0 Å². The topological polar surface area (TPSA) is 62.9 Å². The van der Waals surface area contributed by atoms with Gasteiger partial charge in [-0.1, -0.05) is 87.5 Å². The number of thioether (sulfide) groups is 1. The number of hydrogen-bond acceptors (Lipinski definition) is 5. The van der Waals surface area contributed by atoms with Crippen molar-refractivity contribution in [3.63, 3.8) is 0 Å². The molecule has 3 fully saturated rings. The monoisotopic (exact) mass is 571 g/mol. The predicted octanol–water partition coefficient (Wildman–Crippen LogP) is 8.22. The lowest BCUT2D eigenvalue weighted by Crippen LogP contribution is -2.32. The van der Waals surface area contributed by atoms with E-state index in [9.17, 15) is 4.79 Å². The van der Waals surface area contributed by atoms with Gasteiger partial charge in [0.05, 0.1) is 22.0 Å². The number of hydrogen-bond donors (Lipinski definition) is 0. The first-order valence-corrected chi connectivity index (χ1v) is 15.3. The van der Waals surface area contributed by atoms with Gasteiger partial charge in [0, 0.05) is 28.5 Å². The van der Waals surface area contributed by atoms with E-state index in [1.165, 1.54) is 18.2 Å². The van der Waals surface area contributed by atoms with Crippen LogP contribution in [0.25, 0.3) is 23.0 Å². The molecule has 210 valence electrons. The smallest absolute Gasteiger partial charge is 0.268 e. The third-order valence-corrected chi connectivity index (χ3v) is 10.6. The van der Waals surface area contributed by atoms with Crippen molar-refractivity contribution in [2.45, 2.75) is 40.0 Å². The lowest BCUT2D eigenvalue weighted by atomic mass is 9.70. The molecule has 3 aromatic carbocycles. The van der Waals surface area contributed by atoms with Crippen molar-refractivity contribution in [3.05, 3.63) is 108 Å². The van der Waals surface area contributed by atoms with Crippen LogP contribution in [0.5, 0.6) is 0 Å². The molecule has 0 radical (unpaired) electrons. The highest BCUT2D eigenvalue weighted by Crippen LogP contribution is 2.64. The van der Waals surface area contributed by atoms with Gasteiger partial charge in [0.25, 0.3) is 5.91 Å². The molecule has 0 spiro atoms. The van der Waals surface area contributed by atoms with Crippen molar-refractivity contribution in [2.24, 2.45) is 27.0 Å². The standard InChI is InChI=1S/C35H33N5OS/c1-34(2)26-19-20-35(34,3)30(22-26)36-37-33-40(28-17-11-6-12-18-28)32(41)29(42-33)21-25-23-39(27-15-9-5-10-16-27)38-31(25)24-13-7-4-8-14-24/h4-18,21,23,26H,19-20,22H2,1-3H3/b29-21-,36-30+,37-33+. The molecular formula is C35H33N5OS. The van der Waals surface area contributed by atoms with Crippen LogP contribution in [0.4, 0.5) is 5.69 Å². The van der Waals surface area contributed by atoms with Crippen molar-refractivity contribution in [2.75, 3.05) is 4.90 Å². The van der Waals surface area contributed by atoms with Crippen LogP contribution in [0.15, 0.2) is 112 Å². The van der Waals surface area contributed by atoms with Crippen LogP contribution in [0, 0.1) is 16.7 Å². The number of amidine groups is 1. The number of carbonyl (C=O) groups is 1. The van der Waals surface area contributed by atoms with Gasteiger partial charge in [-0.15, -0.1) is 5.10 Å². The van der Waals surface area contributed by atoms with Gasteiger partial charge in [0.2, 0.25) is 5.17 Å². The Labute approximate surface area is 250 Å². The van der Waals surface area contributed by atoms with E-state index in [1.54, 1.807) is 4.90 Å². The second-order valence-electron chi connectivity index (χ2n) is 12.1. The van der Waals surface area contributed by atoms with Crippen molar-refractivity contribution in [1.82, 2.24) is 9.78 Å². The zero-order chi connectivity index (χ0) is 28.9. The SMILES string of the molecule is CC12CCC(C/C1=N\N=C1\S/C(=C\c3cn(-c4ccccc4)nc3-c3ccccc3)C(=O)N1c1ccccc1)C2(C)C. The Kier molecular flexibility index (Phi) is 6.50. The van der Waals surface area contributed by atoms with Gasteiger partial charge in [-0.05, 0) is 72.7 Å². The Balaban J connectivity index is 1.31. The molecule has 2 saturated carbocycles. The molecule has 42 heavy (non-hydrogen) atoms. The summed E-state index contributed by atoms with van der Waals surface area (Å²) >= 11 is 1.37. The third kappa shape index (κ3) is 4.34. The number of aromatic nitrogens is 2. The summed E-state index contributed by atoms with van der Waals surface area (Å²) in [6.45, 7) is 7.07. The van der Waals surface area contributed by atoms with E-state index in [1.807, 2.05) is 108 Å². The molecule has 4 aromatic rings. The molecule has 1 saturated heterocycles. The maximum Gasteiger partial charge on any atom is 0.271 e. The van der Waals surface area contributed by atoms with E-state index < -0.39 is 0 Å². The Hall–Kier alpha value is -4.23. The van der Waals surface area contributed by atoms with E-state index in [2.05, 4.69) is 20.8 Å². The number of fused-ring (bicyclic) bond motifs is 2. The molecule has 1 amide bonds. The predicted molar refractivity (Wildman–Crippen MR) is 173 cm³/mol. The van der Waals surface area contributed by atoms with Gasteiger partial charge in [0.1, 0.15) is 0 Å². The van der Waals surface area contributed by atoms with E-state index in [0.29, 0.717) is 16.0 Å². The van der Waals surface area contributed by atoms with Gasteiger partial charge < -0.3 is 0 Å². The van der Waals surface area contributed by atoms with Crippen LogP contribution in [0.1, 0.15) is 45.6 Å². The van der Waals surface area contributed by atoms with E-state index in [4.69, 9.17) is 15.3 Å². The largest absolute Gasteiger partial charge is 0.271 e. The number of carbonyl (C=O) groups excluding carboxylic acids is 1. The quantitative estimate of drug-likeness (QED) is 0.179. The molecule has 2 atom stereocenters. The molecule has 2 heterocycles. The maximum atomic E-state index is 14.0. The number of nitrogens with zero attached hydrogens (tertiary/aromatic N) is 5. The molecule has 2 bridgehead atoms. The van der Waals surface area contributed by atoms with Crippen molar-refractivity contribution < 1.29 is 4.79 Å². The zero-order valence-electron chi connectivity index (χ0n) is 24.1. The Bertz CT molecular complexity index is 1740. The van der Waals surface area contributed by atoms with E-state index >= 15 is 0 Å². The van der Waals surface area contributed by atoms with Crippen molar-refractivity contribution in [1.29, 1.82) is 0 Å². The summed E-state index contributed by atoms with van der Waals surface area (Å²) in [4.78, 5) is 16.3.